The van der Waals surface area contributed by atoms with E-state index >= 15 is 0 Å². The van der Waals surface area contributed by atoms with Crippen molar-refractivity contribution in [3.05, 3.63) is 69.2 Å². The van der Waals surface area contributed by atoms with Crippen molar-refractivity contribution in [2.75, 3.05) is 0 Å². The summed E-state index contributed by atoms with van der Waals surface area (Å²) in [6.07, 6.45) is 0. The van der Waals surface area contributed by atoms with Crippen LogP contribution in [-0.4, -0.2) is 19.3 Å². The lowest BCUT2D eigenvalue weighted by Gasteiger charge is -2.14. The minimum atomic E-state index is -0.439. The van der Waals surface area contributed by atoms with E-state index in [0.29, 0.717) is 21.8 Å². The van der Waals surface area contributed by atoms with Crippen molar-refractivity contribution in [1.82, 2.24) is 9.13 Å². The van der Waals surface area contributed by atoms with Gasteiger partial charge in [-0.25, -0.2) is 0 Å². The maximum absolute atomic E-state index is 12.8. The summed E-state index contributed by atoms with van der Waals surface area (Å²) < 4.78 is 2.83. The lowest BCUT2D eigenvalue weighted by Crippen LogP contribution is -2.22. The van der Waals surface area contributed by atoms with Crippen molar-refractivity contribution < 1.29 is 10.2 Å². The topological polar surface area (TPSA) is 84.5 Å². The first-order valence-electron chi connectivity index (χ1n) is 8.21. The molecule has 0 aliphatic carbocycles. The maximum atomic E-state index is 12.8. The molecule has 27 heavy (non-hydrogen) atoms. The molecular weight excluding hydrogens is 364 g/mol. The number of aromatic hydroxyl groups is 2. The highest BCUT2D eigenvalue weighted by atomic mass is 32.2. The Hall–Kier alpha value is -3.19. The fourth-order valence-corrected chi connectivity index (χ4v) is 4.26. The molecule has 2 heterocycles. The Labute approximate surface area is 157 Å². The first-order valence-corrected chi connectivity index (χ1v) is 9.02. The molecule has 0 aliphatic rings. The van der Waals surface area contributed by atoms with Crippen LogP contribution in [0.15, 0.2) is 67.9 Å². The normalized spacial score (nSPS) is 11.3. The van der Waals surface area contributed by atoms with E-state index < -0.39 is 11.1 Å². The van der Waals surface area contributed by atoms with Crippen molar-refractivity contribution in [1.29, 1.82) is 0 Å². The van der Waals surface area contributed by atoms with Gasteiger partial charge in [0.05, 0.1) is 11.0 Å². The number of aryl methyl sites for hydroxylation is 2. The van der Waals surface area contributed by atoms with Gasteiger partial charge in [0.2, 0.25) is 0 Å². The molecule has 2 N–H and O–H groups in total. The Kier molecular flexibility index (Phi) is 3.96. The molecular formula is C20H16N2O4S. The summed E-state index contributed by atoms with van der Waals surface area (Å²) in [7, 11) is 3.21. The van der Waals surface area contributed by atoms with Gasteiger partial charge in [-0.1, -0.05) is 36.0 Å². The van der Waals surface area contributed by atoms with Crippen molar-refractivity contribution >= 4 is 33.6 Å². The monoisotopic (exact) mass is 380 g/mol. The summed E-state index contributed by atoms with van der Waals surface area (Å²) in [5, 5.41) is 22.3. The number of pyridine rings is 2. The van der Waals surface area contributed by atoms with Crippen LogP contribution in [0.1, 0.15) is 0 Å². The predicted octanol–water partition coefficient (Wildman–Crippen LogP) is 2.95. The number of benzene rings is 2. The van der Waals surface area contributed by atoms with Crippen LogP contribution in [0.5, 0.6) is 11.5 Å². The Morgan fingerprint density at radius 3 is 1.48 bits per heavy atom. The van der Waals surface area contributed by atoms with Crippen LogP contribution in [0.2, 0.25) is 0 Å². The largest absolute Gasteiger partial charge is 0.506 e. The molecule has 0 spiro atoms. The lowest BCUT2D eigenvalue weighted by atomic mass is 10.2. The van der Waals surface area contributed by atoms with Gasteiger partial charge in [-0.3, -0.25) is 9.59 Å². The number of hydrogen-bond acceptors (Lipinski definition) is 5. The maximum Gasteiger partial charge on any atom is 0.268 e. The SMILES string of the molecule is Cn1c(=O)c(Sc2c(O)c3ccccc3n(C)c2=O)c(O)c2ccccc21. The molecule has 0 atom stereocenters. The third-order valence-electron chi connectivity index (χ3n) is 4.67. The van der Waals surface area contributed by atoms with Crippen LogP contribution in [0.3, 0.4) is 0 Å². The average Bonchev–Trinajstić information content (AvgIpc) is 2.70. The molecule has 4 rings (SSSR count). The zero-order chi connectivity index (χ0) is 19.3. The van der Waals surface area contributed by atoms with Gasteiger partial charge in [0.25, 0.3) is 11.1 Å². The molecule has 2 aromatic heterocycles. The number of fused-ring (bicyclic) bond motifs is 2. The van der Waals surface area contributed by atoms with Gasteiger partial charge in [-0.15, -0.1) is 0 Å². The van der Waals surface area contributed by atoms with Gasteiger partial charge in [0, 0.05) is 24.9 Å². The summed E-state index contributed by atoms with van der Waals surface area (Å²) in [5.41, 5.74) is 0.289. The quantitative estimate of drug-likeness (QED) is 0.559. The first-order chi connectivity index (χ1) is 12.9. The average molecular weight is 380 g/mol. The van der Waals surface area contributed by atoms with Gasteiger partial charge < -0.3 is 19.3 Å². The standard InChI is InChI=1S/C20H16N2O4S/c1-21-13-9-5-3-7-11(13)15(23)17(19(21)25)27-18-16(24)12-8-4-6-10-14(12)22(2)20(18)26/h3-10,23-24H,1-2H3. The summed E-state index contributed by atoms with van der Waals surface area (Å²) in [4.78, 5) is 25.5. The second-order valence-corrected chi connectivity index (χ2v) is 7.24. The van der Waals surface area contributed by atoms with E-state index in [-0.39, 0.29) is 21.3 Å². The minimum Gasteiger partial charge on any atom is -0.506 e. The number of rotatable bonds is 2. The van der Waals surface area contributed by atoms with Gasteiger partial charge in [0.1, 0.15) is 21.3 Å². The third-order valence-corrected chi connectivity index (χ3v) is 5.82. The molecule has 0 fully saturated rings. The Morgan fingerprint density at radius 1 is 0.704 bits per heavy atom. The highest BCUT2D eigenvalue weighted by Crippen LogP contribution is 2.40. The van der Waals surface area contributed by atoms with E-state index in [1.807, 2.05) is 0 Å². The number of para-hydroxylation sites is 2. The van der Waals surface area contributed by atoms with Crippen molar-refractivity contribution in [2.24, 2.45) is 14.1 Å². The summed E-state index contributed by atoms with van der Waals surface area (Å²) in [5.74, 6) is -0.401. The van der Waals surface area contributed by atoms with Crippen LogP contribution in [0.25, 0.3) is 21.8 Å². The van der Waals surface area contributed by atoms with Gasteiger partial charge >= 0.3 is 0 Å². The van der Waals surface area contributed by atoms with Crippen LogP contribution < -0.4 is 11.1 Å². The predicted molar refractivity (Wildman–Crippen MR) is 106 cm³/mol. The van der Waals surface area contributed by atoms with E-state index in [9.17, 15) is 19.8 Å². The van der Waals surface area contributed by atoms with Crippen molar-refractivity contribution in [3.8, 4) is 11.5 Å². The molecule has 6 nitrogen and oxygen atoms in total. The number of nitrogens with zero attached hydrogens (tertiary/aromatic N) is 2. The highest BCUT2D eigenvalue weighted by molar-refractivity contribution is 7.99. The van der Waals surface area contributed by atoms with Crippen LogP contribution in [0.4, 0.5) is 0 Å². The molecule has 0 saturated heterocycles. The Balaban J connectivity index is 2.02. The molecule has 0 amide bonds. The lowest BCUT2D eigenvalue weighted by molar-refractivity contribution is 0.462. The Morgan fingerprint density at radius 2 is 1.07 bits per heavy atom. The fourth-order valence-electron chi connectivity index (χ4n) is 3.19. The summed E-state index contributed by atoms with van der Waals surface area (Å²) >= 11 is 0.785. The van der Waals surface area contributed by atoms with Gasteiger partial charge in [-0.2, -0.15) is 0 Å². The second-order valence-electron chi connectivity index (χ2n) is 6.22. The van der Waals surface area contributed by atoms with E-state index in [0.717, 1.165) is 11.8 Å². The molecule has 0 unspecified atom stereocenters. The molecule has 0 bridgehead atoms. The zero-order valence-electron chi connectivity index (χ0n) is 14.6. The van der Waals surface area contributed by atoms with Crippen LogP contribution in [0, 0.1) is 0 Å². The van der Waals surface area contributed by atoms with Crippen molar-refractivity contribution in [2.45, 2.75) is 9.79 Å². The zero-order valence-corrected chi connectivity index (χ0v) is 15.4. The van der Waals surface area contributed by atoms with E-state index in [2.05, 4.69) is 0 Å². The molecule has 0 aliphatic heterocycles. The number of hydrogen-bond donors (Lipinski definition) is 2. The summed E-state index contributed by atoms with van der Waals surface area (Å²) in [6.45, 7) is 0. The van der Waals surface area contributed by atoms with Gasteiger partial charge in [0.15, 0.2) is 0 Å². The van der Waals surface area contributed by atoms with Crippen LogP contribution in [-0.2, 0) is 14.1 Å². The van der Waals surface area contributed by atoms with Crippen LogP contribution >= 0.6 is 11.8 Å². The molecule has 4 aromatic rings. The first kappa shape index (κ1) is 17.2. The second kappa shape index (κ2) is 6.21. The highest BCUT2D eigenvalue weighted by Gasteiger charge is 2.21. The minimum absolute atomic E-state index is 0.00104. The van der Waals surface area contributed by atoms with E-state index in [1.165, 1.54) is 9.13 Å². The van der Waals surface area contributed by atoms with E-state index in [1.54, 1.807) is 62.6 Å². The summed E-state index contributed by atoms with van der Waals surface area (Å²) in [6, 6.07) is 13.9. The molecule has 2 aromatic carbocycles. The smallest absolute Gasteiger partial charge is 0.268 e. The third kappa shape index (κ3) is 2.50. The molecule has 136 valence electrons. The Bertz CT molecular complexity index is 1230. The van der Waals surface area contributed by atoms with Crippen molar-refractivity contribution in [3.63, 3.8) is 0 Å². The fraction of sp³-hybridized carbons (Fsp3) is 0.100. The molecule has 0 saturated carbocycles. The van der Waals surface area contributed by atoms with Gasteiger partial charge in [-0.05, 0) is 24.3 Å². The van der Waals surface area contributed by atoms with E-state index in [4.69, 9.17) is 0 Å². The number of aromatic nitrogens is 2. The molecule has 7 heteroatoms. The molecule has 0 radical (unpaired) electrons.